The molecule has 6 nitrogen and oxygen atoms in total. The van der Waals surface area contributed by atoms with Crippen LogP contribution in [0.2, 0.25) is 0 Å². The van der Waals surface area contributed by atoms with Crippen LogP contribution < -0.4 is 0 Å². The summed E-state index contributed by atoms with van der Waals surface area (Å²) in [6.45, 7) is 3.67. The minimum Gasteiger partial charge on any atom is -0.460 e. The molecule has 1 fully saturated rings. The molecular weight excluding hydrogens is 209 g/mol. The molecule has 0 amide bonds. The Bertz CT molecular complexity index is 306. The molecule has 7 heteroatoms. The van der Waals surface area contributed by atoms with E-state index in [0.717, 1.165) is 6.42 Å². The summed E-state index contributed by atoms with van der Waals surface area (Å²) in [5, 5.41) is 3.55. The first kappa shape index (κ1) is 12.9. The van der Waals surface area contributed by atoms with Crippen molar-refractivity contribution in [3.05, 3.63) is 10.4 Å². The lowest BCUT2D eigenvalue weighted by Crippen LogP contribution is -2.34. The van der Waals surface area contributed by atoms with E-state index in [0.29, 0.717) is 6.54 Å². The molecule has 0 N–H and O–H groups in total. The molecule has 16 heavy (non-hydrogen) atoms. The highest BCUT2D eigenvalue weighted by Crippen LogP contribution is 2.30. The lowest BCUT2D eigenvalue weighted by molar-refractivity contribution is -0.148. The van der Waals surface area contributed by atoms with Crippen molar-refractivity contribution < 1.29 is 14.3 Å². The maximum Gasteiger partial charge on any atom is 0.302 e. The summed E-state index contributed by atoms with van der Waals surface area (Å²) < 4.78 is 10.9. The molecule has 88 valence electrons. The van der Waals surface area contributed by atoms with E-state index in [4.69, 9.17) is 15.0 Å². The first-order valence-electron chi connectivity index (χ1n) is 5.43. The lowest BCUT2D eigenvalue weighted by Gasteiger charge is -2.20. The van der Waals surface area contributed by atoms with Crippen molar-refractivity contribution in [3.8, 4) is 0 Å². The van der Waals surface area contributed by atoms with Crippen molar-refractivity contribution in [2.45, 2.75) is 38.5 Å². The van der Waals surface area contributed by atoms with Gasteiger partial charge in [0.2, 0.25) is 0 Å². The molecule has 0 aliphatic carbocycles. The first-order valence-corrected chi connectivity index (χ1v) is 5.43. The summed E-state index contributed by atoms with van der Waals surface area (Å²) in [6.07, 6.45) is 0.492. The molecular formula is C9H16BN3O3. The normalized spacial score (nSPS) is 33.1. The number of azide groups is 1. The van der Waals surface area contributed by atoms with Crippen molar-refractivity contribution in [2.75, 3.05) is 6.54 Å². The van der Waals surface area contributed by atoms with E-state index in [1.165, 1.54) is 6.92 Å². The third kappa shape index (κ3) is 2.90. The molecule has 1 heterocycles. The van der Waals surface area contributed by atoms with E-state index >= 15 is 0 Å². The molecule has 0 saturated carbocycles. The topological polar surface area (TPSA) is 84.3 Å². The molecule has 1 aliphatic heterocycles. The predicted molar refractivity (Wildman–Crippen MR) is 60.6 cm³/mol. The zero-order valence-electron chi connectivity index (χ0n) is 9.79. The number of nitrogens with zero attached hydrogens (tertiary/aromatic N) is 3. The zero-order chi connectivity index (χ0) is 12.1. The van der Waals surface area contributed by atoms with Crippen LogP contribution in [0.25, 0.3) is 10.4 Å². The van der Waals surface area contributed by atoms with E-state index in [2.05, 4.69) is 10.0 Å². The highest BCUT2D eigenvalue weighted by molar-refractivity contribution is 6.11. The van der Waals surface area contributed by atoms with Crippen LogP contribution in [0.5, 0.6) is 0 Å². The quantitative estimate of drug-likeness (QED) is 0.231. The van der Waals surface area contributed by atoms with Crippen LogP contribution in [-0.4, -0.2) is 38.6 Å². The minimum atomic E-state index is -0.330. The Hall–Kier alpha value is -1.20. The third-order valence-electron chi connectivity index (χ3n) is 2.81. The van der Waals surface area contributed by atoms with E-state index in [1.54, 1.807) is 0 Å². The fourth-order valence-corrected chi connectivity index (χ4v) is 2.14. The SMILES string of the molecule is B[C@@H]1O[C@H](CC)[C@@H](CN=[N+]=[N-])[C@H]1OC(C)=O. The van der Waals surface area contributed by atoms with Crippen LogP contribution in [0.15, 0.2) is 5.11 Å². The predicted octanol–water partition coefficient (Wildman–Crippen LogP) is 0.613. The van der Waals surface area contributed by atoms with E-state index in [1.807, 2.05) is 14.8 Å². The number of hydrogen-bond acceptors (Lipinski definition) is 4. The molecule has 1 rings (SSSR count). The van der Waals surface area contributed by atoms with Crippen molar-refractivity contribution in [1.29, 1.82) is 0 Å². The van der Waals surface area contributed by atoms with Gasteiger partial charge in [-0.25, -0.2) is 0 Å². The van der Waals surface area contributed by atoms with E-state index in [-0.39, 0.29) is 30.1 Å². The first-order chi connectivity index (χ1) is 7.60. The molecule has 0 aromatic carbocycles. The van der Waals surface area contributed by atoms with Crippen LogP contribution in [0.3, 0.4) is 0 Å². The molecule has 0 radical (unpaired) electrons. The fourth-order valence-electron chi connectivity index (χ4n) is 2.14. The second-order valence-electron chi connectivity index (χ2n) is 3.94. The maximum absolute atomic E-state index is 11.0. The second-order valence-corrected chi connectivity index (χ2v) is 3.94. The molecule has 1 saturated heterocycles. The Morgan fingerprint density at radius 2 is 2.38 bits per heavy atom. The van der Waals surface area contributed by atoms with Gasteiger partial charge in [0.25, 0.3) is 0 Å². The van der Waals surface area contributed by atoms with E-state index < -0.39 is 0 Å². The Kier molecular flexibility index (Phi) is 4.64. The lowest BCUT2D eigenvalue weighted by atomic mass is 9.87. The van der Waals surface area contributed by atoms with Gasteiger partial charge < -0.3 is 9.47 Å². The van der Waals surface area contributed by atoms with Gasteiger partial charge in [-0.05, 0) is 12.0 Å². The molecule has 0 unspecified atom stereocenters. The molecule has 4 atom stereocenters. The van der Waals surface area contributed by atoms with Gasteiger partial charge in [0, 0.05) is 24.3 Å². The van der Waals surface area contributed by atoms with Crippen LogP contribution >= 0.6 is 0 Å². The number of carbonyl (C=O) groups excluding carboxylic acids is 1. The van der Waals surface area contributed by atoms with Crippen LogP contribution in [-0.2, 0) is 14.3 Å². The molecule has 1 aliphatic rings. The van der Waals surface area contributed by atoms with Crippen molar-refractivity contribution in [1.82, 2.24) is 0 Å². The maximum atomic E-state index is 11.0. The Morgan fingerprint density at radius 3 is 2.88 bits per heavy atom. The van der Waals surface area contributed by atoms with Gasteiger partial charge in [-0.2, -0.15) is 0 Å². The standard InChI is InChI=1S/C9H16BN3O3/c1-3-7-6(4-12-13-11)8(9(10)16-7)15-5(2)14/h6-9H,3-4,10H2,1-2H3/t6-,7-,8-,9-/m1/s1. The largest absolute Gasteiger partial charge is 0.460 e. The van der Waals surface area contributed by atoms with Gasteiger partial charge in [-0.15, -0.1) is 0 Å². The Balaban J connectivity index is 2.75. The third-order valence-corrected chi connectivity index (χ3v) is 2.81. The molecule has 0 bridgehead atoms. The van der Waals surface area contributed by atoms with Gasteiger partial charge >= 0.3 is 5.97 Å². The van der Waals surface area contributed by atoms with Crippen LogP contribution in [0.4, 0.5) is 0 Å². The van der Waals surface area contributed by atoms with Gasteiger partial charge in [0.1, 0.15) is 14.0 Å². The van der Waals surface area contributed by atoms with Crippen LogP contribution in [0.1, 0.15) is 20.3 Å². The Morgan fingerprint density at radius 1 is 1.69 bits per heavy atom. The Labute approximate surface area is 95.3 Å². The second kappa shape index (κ2) is 5.77. The number of ether oxygens (including phenoxy) is 2. The summed E-state index contributed by atoms with van der Waals surface area (Å²) in [7, 11) is 1.87. The summed E-state index contributed by atoms with van der Waals surface area (Å²) in [5.74, 6) is -0.372. The van der Waals surface area contributed by atoms with Gasteiger partial charge in [0.05, 0.1) is 12.1 Å². The number of carbonyl (C=O) groups is 1. The van der Waals surface area contributed by atoms with Crippen LogP contribution in [0, 0.1) is 5.92 Å². The van der Waals surface area contributed by atoms with Gasteiger partial charge in [-0.3, -0.25) is 4.79 Å². The number of esters is 1. The average Bonchev–Trinajstić information content (AvgIpc) is 2.52. The minimum absolute atomic E-state index is 0.00940. The summed E-state index contributed by atoms with van der Waals surface area (Å²) in [6, 6.07) is -0.146. The summed E-state index contributed by atoms with van der Waals surface area (Å²) in [5.41, 5.74) is 8.33. The number of hydrogen-bond donors (Lipinski definition) is 0. The zero-order valence-corrected chi connectivity index (χ0v) is 9.79. The number of rotatable bonds is 4. The van der Waals surface area contributed by atoms with Gasteiger partial charge in [-0.1, -0.05) is 12.0 Å². The molecule has 0 aromatic heterocycles. The highest BCUT2D eigenvalue weighted by atomic mass is 16.6. The van der Waals surface area contributed by atoms with Crippen molar-refractivity contribution in [3.63, 3.8) is 0 Å². The average molecular weight is 225 g/mol. The fraction of sp³-hybridized carbons (Fsp3) is 0.889. The summed E-state index contributed by atoms with van der Waals surface area (Å²) in [4.78, 5) is 13.7. The smallest absolute Gasteiger partial charge is 0.302 e. The van der Waals surface area contributed by atoms with Crippen molar-refractivity contribution >= 4 is 13.8 Å². The summed E-state index contributed by atoms with van der Waals surface area (Å²) >= 11 is 0. The molecule has 0 aromatic rings. The van der Waals surface area contributed by atoms with E-state index in [9.17, 15) is 4.79 Å². The highest BCUT2D eigenvalue weighted by Gasteiger charge is 2.42. The van der Waals surface area contributed by atoms with Gasteiger partial charge in [0.15, 0.2) is 0 Å². The molecule has 0 spiro atoms. The monoisotopic (exact) mass is 225 g/mol. The van der Waals surface area contributed by atoms with Crippen molar-refractivity contribution in [2.24, 2.45) is 11.0 Å².